The monoisotopic (exact) mass is 415 g/mol. The van der Waals surface area contributed by atoms with Gasteiger partial charge in [0, 0.05) is 6.42 Å². The number of rotatable bonds is 17. The lowest BCUT2D eigenvalue weighted by atomic mass is 10.0. The third-order valence-electron chi connectivity index (χ3n) is 4.27. The van der Waals surface area contributed by atoms with E-state index in [-0.39, 0.29) is 11.8 Å². The predicted molar refractivity (Wildman–Crippen MR) is 127 cm³/mol. The van der Waals surface area contributed by atoms with Crippen molar-refractivity contribution in [2.75, 3.05) is 0 Å². The molecule has 168 valence electrons. The van der Waals surface area contributed by atoms with Crippen LogP contribution in [0.5, 0.6) is 0 Å². The highest BCUT2D eigenvalue weighted by molar-refractivity contribution is 5.83. The number of unbranched alkanes of at least 4 members (excludes halogenated alkanes) is 1. The number of allylic oxidation sites excluding steroid dienone is 10. The van der Waals surface area contributed by atoms with Crippen molar-refractivity contribution in [1.29, 1.82) is 0 Å². The zero-order valence-electron chi connectivity index (χ0n) is 19.1. The van der Waals surface area contributed by atoms with Gasteiger partial charge in [0.05, 0.1) is 0 Å². The van der Waals surface area contributed by atoms with E-state index in [1.54, 1.807) is 0 Å². The first kappa shape index (κ1) is 27.6. The smallest absolute Gasteiger partial charge is 0.326 e. The molecule has 0 bridgehead atoms. The molecule has 0 aromatic rings. The summed E-state index contributed by atoms with van der Waals surface area (Å²) in [6.07, 6.45) is 28.9. The number of carbonyl (C=O) groups is 2. The van der Waals surface area contributed by atoms with Gasteiger partial charge in [-0.25, -0.2) is 4.79 Å². The Morgan fingerprint density at radius 3 is 1.70 bits per heavy atom. The Labute approximate surface area is 183 Å². The van der Waals surface area contributed by atoms with E-state index in [0.29, 0.717) is 12.8 Å². The molecule has 0 saturated carbocycles. The van der Waals surface area contributed by atoms with E-state index >= 15 is 0 Å². The Kier molecular flexibility index (Phi) is 18.4. The van der Waals surface area contributed by atoms with Crippen LogP contribution < -0.4 is 5.32 Å². The fourth-order valence-electron chi connectivity index (χ4n) is 2.71. The lowest BCUT2D eigenvalue weighted by Gasteiger charge is -2.16. The SMILES string of the molecule is CCC=CCC=CCC=CCC=CCC=CCCCC(=O)NC(CC(C)C)C(=O)O. The van der Waals surface area contributed by atoms with E-state index in [2.05, 4.69) is 73.0 Å². The van der Waals surface area contributed by atoms with Crippen LogP contribution in [0, 0.1) is 5.92 Å². The fraction of sp³-hybridized carbons (Fsp3) is 0.538. The van der Waals surface area contributed by atoms with Crippen molar-refractivity contribution < 1.29 is 14.7 Å². The Bertz CT molecular complexity index is 597. The summed E-state index contributed by atoms with van der Waals surface area (Å²) in [6, 6.07) is -0.786. The van der Waals surface area contributed by atoms with Crippen LogP contribution in [0.15, 0.2) is 60.8 Å². The van der Waals surface area contributed by atoms with E-state index in [9.17, 15) is 9.59 Å². The number of carboxylic acids is 1. The molecule has 1 amide bonds. The van der Waals surface area contributed by atoms with E-state index in [1.165, 1.54) is 0 Å². The number of nitrogens with one attached hydrogen (secondary N) is 1. The van der Waals surface area contributed by atoms with Crippen molar-refractivity contribution in [3.63, 3.8) is 0 Å². The summed E-state index contributed by atoms with van der Waals surface area (Å²) in [5.74, 6) is -0.919. The Balaban J connectivity index is 3.76. The number of carboxylic acid groups (broad SMARTS) is 1. The molecule has 0 aromatic carbocycles. The minimum Gasteiger partial charge on any atom is -0.480 e. The lowest BCUT2D eigenvalue weighted by Crippen LogP contribution is -2.41. The normalized spacial score (nSPS) is 13.6. The summed E-state index contributed by atoms with van der Waals surface area (Å²) < 4.78 is 0. The van der Waals surface area contributed by atoms with Crippen molar-refractivity contribution in [1.82, 2.24) is 5.32 Å². The number of amides is 1. The predicted octanol–water partition coefficient (Wildman–Crippen LogP) is 6.52. The van der Waals surface area contributed by atoms with E-state index in [0.717, 1.165) is 44.9 Å². The van der Waals surface area contributed by atoms with Crippen LogP contribution in [-0.2, 0) is 9.59 Å². The van der Waals surface area contributed by atoms with E-state index in [1.807, 2.05) is 13.8 Å². The minimum absolute atomic E-state index is 0.185. The van der Waals surface area contributed by atoms with Crippen LogP contribution in [0.25, 0.3) is 0 Å². The molecule has 0 saturated heterocycles. The van der Waals surface area contributed by atoms with Gasteiger partial charge in [0.25, 0.3) is 0 Å². The maximum Gasteiger partial charge on any atom is 0.326 e. The Morgan fingerprint density at radius 1 is 0.800 bits per heavy atom. The Morgan fingerprint density at radius 2 is 1.27 bits per heavy atom. The molecule has 0 aliphatic heterocycles. The van der Waals surface area contributed by atoms with Crippen LogP contribution >= 0.6 is 0 Å². The summed E-state index contributed by atoms with van der Waals surface area (Å²) in [6.45, 7) is 6.04. The van der Waals surface area contributed by atoms with Crippen molar-refractivity contribution in [3.05, 3.63) is 60.8 Å². The molecule has 0 spiro atoms. The first-order valence-corrected chi connectivity index (χ1v) is 11.2. The lowest BCUT2D eigenvalue weighted by molar-refractivity contribution is -0.142. The molecule has 1 unspecified atom stereocenters. The second-order valence-electron chi connectivity index (χ2n) is 7.69. The van der Waals surface area contributed by atoms with Gasteiger partial charge >= 0.3 is 5.97 Å². The topological polar surface area (TPSA) is 66.4 Å². The number of carbonyl (C=O) groups excluding carboxylic acids is 1. The molecule has 0 aromatic heterocycles. The van der Waals surface area contributed by atoms with Crippen LogP contribution in [0.2, 0.25) is 0 Å². The molecule has 0 aliphatic carbocycles. The molecule has 0 fully saturated rings. The molecule has 2 N–H and O–H groups in total. The minimum atomic E-state index is -0.963. The molecule has 4 heteroatoms. The number of hydrogen-bond acceptors (Lipinski definition) is 2. The van der Waals surface area contributed by atoms with Gasteiger partial charge in [0.1, 0.15) is 6.04 Å². The van der Waals surface area contributed by atoms with Crippen molar-refractivity contribution >= 4 is 11.9 Å². The average molecular weight is 416 g/mol. The highest BCUT2D eigenvalue weighted by atomic mass is 16.4. The Hall–Kier alpha value is -2.36. The standard InChI is InChI=1S/C26H41NO3/c1-4-5-6-7-8-9-10-11-12-13-14-15-16-17-18-19-20-21-25(28)27-24(26(29)30)22-23(2)3/h5-6,8-9,11-12,14-15,17-18,23-24H,4,7,10,13,16,19-22H2,1-3H3,(H,27,28)(H,29,30). The van der Waals surface area contributed by atoms with Crippen molar-refractivity contribution in [2.45, 2.75) is 84.6 Å². The highest BCUT2D eigenvalue weighted by Crippen LogP contribution is 2.06. The number of hydrogen-bond donors (Lipinski definition) is 2. The number of aliphatic carboxylic acids is 1. The zero-order valence-corrected chi connectivity index (χ0v) is 19.1. The first-order valence-electron chi connectivity index (χ1n) is 11.2. The van der Waals surface area contributed by atoms with Gasteiger partial charge in [0.2, 0.25) is 5.91 Å². The maximum atomic E-state index is 11.9. The van der Waals surface area contributed by atoms with Crippen molar-refractivity contribution in [2.24, 2.45) is 5.92 Å². The molecular formula is C26H41NO3. The van der Waals surface area contributed by atoms with Gasteiger partial charge < -0.3 is 10.4 Å². The highest BCUT2D eigenvalue weighted by Gasteiger charge is 2.20. The van der Waals surface area contributed by atoms with Gasteiger partial charge in [-0.05, 0) is 57.3 Å². The molecule has 0 rings (SSSR count). The third kappa shape index (κ3) is 19.0. The second-order valence-corrected chi connectivity index (χ2v) is 7.69. The molecular weight excluding hydrogens is 374 g/mol. The summed E-state index contributed by atoms with van der Waals surface area (Å²) in [7, 11) is 0. The van der Waals surface area contributed by atoms with Gasteiger partial charge in [-0.15, -0.1) is 0 Å². The maximum absolute atomic E-state index is 11.9. The summed E-state index contributed by atoms with van der Waals surface area (Å²) >= 11 is 0. The zero-order chi connectivity index (χ0) is 22.5. The molecule has 0 heterocycles. The van der Waals surface area contributed by atoms with Gasteiger partial charge in [-0.3, -0.25) is 4.79 Å². The first-order chi connectivity index (χ1) is 14.5. The molecule has 1 atom stereocenters. The summed E-state index contributed by atoms with van der Waals surface area (Å²) in [4.78, 5) is 23.0. The van der Waals surface area contributed by atoms with E-state index in [4.69, 9.17) is 5.11 Å². The molecule has 30 heavy (non-hydrogen) atoms. The molecule has 0 aliphatic rings. The van der Waals surface area contributed by atoms with Crippen LogP contribution in [-0.4, -0.2) is 23.0 Å². The van der Waals surface area contributed by atoms with Gasteiger partial charge in [-0.1, -0.05) is 81.5 Å². The molecule has 4 nitrogen and oxygen atoms in total. The summed E-state index contributed by atoms with van der Waals surface area (Å²) in [5, 5.41) is 11.8. The third-order valence-corrected chi connectivity index (χ3v) is 4.27. The molecule has 0 radical (unpaired) electrons. The van der Waals surface area contributed by atoms with Gasteiger partial charge in [-0.2, -0.15) is 0 Å². The van der Waals surface area contributed by atoms with Crippen LogP contribution in [0.1, 0.15) is 78.6 Å². The largest absolute Gasteiger partial charge is 0.480 e. The van der Waals surface area contributed by atoms with Crippen LogP contribution in [0.3, 0.4) is 0 Å². The average Bonchev–Trinajstić information content (AvgIpc) is 2.69. The summed E-state index contributed by atoms with van der Waals surface area (Å²) in [5.41, 5.74) is 0. The fourth-order valence-corrected chi connectivity index (χ4v) is 2.71. The quantitative estimate of drug-likeness (QED) is 0.210. The van der Waals surface area contributed by atoms with Crippen molar-refractivity contribution in [3.8, 4) is 0 Å². The van der Waals surface area contributed by atoms with Gasteiger partial charge in [0.15, 0.2) is 0 Å². The van der Waals surface area contributed by atoms with Crippen LogP contribution in [0.4, 0.5) is 0 Å². The second kappa shape index (κ2) is 19.9. The van der Waals surface area contributed by atoms with E-state index < -0.39 is 12.0 Å².